The van der Waals surface area contributed by atoms with E-state index in [0.29, 0.717) is 42.3 Å². The number of aliphatic hydroxyl groups is 1. The van der Waals surface area contributed by atoms with Crippen molar-refractivity contribution in [2.75, 3.05) is 31.2 Å². The van der Waals surface area contributed by atoms with Gasteiger partial charge in [-0.2, -0.15) is 0 Å². The number of carbonyl (C=O) groups excluding carboxylic acids is 3. The molecule has 1 N–H and O–H groups in total. The molecule has 2 saturated heterocycles. The summed E-state index contributed by atoms with van der Waals surface area (Å²) < 4.78 is 11.4. The molecule has 188 valence electrons. The molecule has 2 unspecified atom stereocenters. The van der Waals surface area contributed by atoms with Gasteiger partial charge in [-0.15, -0.1) is 0 Å². The number of benzene rings is 2. The van der Waals surface area contributed by atoms with E-state index in [-0.39, 0.29) is 24.0 Å². The number of fused-ring (bicyclic) bond motifs is 2. The zero-order chi connectivity index (χ0) is 25.4. The Morgan fingerprint density at radius 3 is 2.53 bits per heavy atom. The molecule has 0 saturated carbocycles. The van der Waals surface area contributed by atoms with Gasteiger partial charge in [-0.05, 0) is 56.5 Å². The lowest BCUT2D eigenvalue weighted by Gasteiger charge is -2.35. The first-order valence-corrected chi connectivity index (χ1v) is 12.5. The van der Waals surface area contributed by atoms with Crippen molar-refractivity contribution in [3.63, 3.8) is 0 Å². The van der Waals surface area contributed by atoms with Crippen LogP contribution in [-0.4, -0.2) is 60.0 Å². The number of hydrogen-bond donors (Lipinski definition) is 1. The Labute approximate surface area is 210 Å². The van der Waals surface area contributed by atoms with E-state index in [0.717, 1.165) is 19.3 Å². The number of likely N-dealkylation sites (N-methyl/N-ethyl adjacent to an activating group) is 1. The van der Waals surface area contributed by atoms with Gasteiger partial charge in [-0.25, -0.2) is 0 Å². The summed E-state index contributed by atoms with van der Waals surface area (Å²) in [5.74, 6) is -1.87. The Bertz CT molecular complexity index is 1230. The summed E-state index contributed by atoms with van der Waals surface area (Å²) in [6.45, 7) is 5.41. The largest absolute Gasteiger partial charge is 0.507 e. The Morgan fingerprint density at radius 1 is 1.11 bits per heavy atom. The summed E-state index contributed by atoms with van der Waals surface area (Å²) in [6, 6.07) is 13.8. The van der Waals surface area contributed by atoms with Crippen molar-refractivity contribution in [1.82, 2.24) is 4.90 Å². The van der Waals surface area contributed by atoms with E-state index in [2.05, 4.69) is 0 Å². The van der Waals surface area contributed by atoms with Gasteiger partial charge in [0.1, 0.15) is 11.5 Å². The van der Waals surface area contributed by atoms with Crippen LogP contribution in [0.15, 0.2) is 54.1 Å². The van der Waals surface area contributed by atoms with Crippen LogP contribution in [0.5, 0.6) is 5.75 Å². The second kappa shape index (κ2) is 9.43. The lowest BCUT2D eigenvalue weighted by Crippen LogP contribution is -2.53. The highest BCUT2D eigenvalue weighted by Crippen LogP contribution is 2.53. The Morgan fingerprint density at radius 2 is 1.86 bits per heavy atom. The molecular formula is C28H30N2O6. The normalized spacial score (nSPS) is 24.7. The second-order valence-electron chi connectivity index (χ2n) is 9.25. The van der Waals surface area contributed by atoms with E-state index < -0.39 is 23.1 Å². The smallest absolute Gasteiger partial charge is 0.296 e. The van der Waals surface area contributed by atoms with Gasteiger partial charge >= 0.3 is 0 Å². The number of nitrogens with zero attached hydrogens (tertiary/aromatic N) is 2. The van der Waals surface area contributed by atoms with Crippen molar-refractivity contribution < 1.29 is 29.0 Å². The summed E-state index contributed by atoms with van der Waals surface area (Å²) in [5.41, 5.74) is -0.500. The fraction of sp³-hybridized carbons (Fsp3) is 0.393. The van der Waals surface area contributed by atoms with Crippen LogP contribution in [0.25, 0.3) is 5.76 Å². The van der Waals surface area contributed by atoms with Gasteiger partial charge in [0.2, 0.25) is 0 Å². The molecule has 8 heteroatoms. The highest BCUT2D eigenvalue weighted by molar-refractivity contribution is 6.50. The lowest BCUT2D eigenvalue weighted by molar-refractivity contribution is -0.145. The number of anilines is 1. The third-order valence-electron chi connectivity index (χ3n) is 7.14. The number of Topliss-reactive ketones (excluding diaryl/α,β-unsaturated/α-hetero) is 1. The average molecular weight is 491 g/mol. The summed E-state index contributed by atoms with van der Waals surface area (Å²) in [6.07, 6.45) is 2.14. The highest BCUT2D eigenvalue weighted by Gasteiger charge is 2.67. The molecule has 3 aliphatic rings. The van der Waals surface area contributed by atoms with Crippen LogP contribution in [-0.2, 0) is 24.7 Å². The predicted molar refractivity (Wildman–Crippen MR) is 134 cm³/mol. The van der Waals surface area contributed by atoms with E-state index in [1.807, 2.05) is 19.9 Å². The topological polar surface area (TPSA) is 96.4 Å². The van der Waals surface area contributed by atoms with Crippen LogP contribution in [0.4, 0.5) is 5.69 Å². The fourth-order valence-corrected chi connectivity index (χ4v) is 5.50. The molecule has 0 aliphatic carbocycles. The van der Waals surface area contributed by atoms with Crippen molar-refractivity contribution in [2.45, 2.75) is 44.8 Å². The summed E-state index contributed by atoms with van der Waals surface area (Å²) >= 11 is 0. The van der Waals surface area contributed by atoms with Gasteiger partial charge in [0.05, 0.1) is 24.0 Å². The SMILES string of the molecule is CCCOc1ccc(/C(O)=C2\C(=O)C(=O)N(CC3CCCO3)C23C(=O)N(CC)c2ccccc23)cc1. The molecule has 2 aromatic carbocycles. The van der Waals surface area contributed by atoms with Gasteiger partial charge in [0.25, 0.3) is 17.6 Å². The Hall–Kier alpha value is -3.65. The minimum atomic E-state index is -1.76. The zero-order valence-electron chi connectivity index (χ0n) is 20.5. The number of rotatable bonds is 7. The molecule has 1 spiro atoms. The molecule has 0 aromatic heterocycles. The highest BCUT2D eigenvalue weighted by atomic mass is 16.5. The van der Waals surface area contributed by atoms with Crippen LogP contribution in [0.2, 0.25) is 0 Å². The van der Waals surface area contributed by atoms with E-state index in [1.165, 1.54) is 4.90 Å². The monoisotopic (exact) mass is 490 g/mol. The molecule has 2 atom stereocenters. The molecule has 3 heterocycles. The predicted octanol–water partition coefficient (Wildman–Crippen LogP) is 3.60. The zero-order valence-corrected chi connectivity index (χ0v) is 20.5. The minimum Gasteiger partial charge on any atom is -0.507 e. The number of aliphatic hydroxyl groups excluding tert-OH is 1. The van der Waals surface area contributed by atoms with Crippen molar-refractivity contribution in [1.29, 1.82) is 0 Å². The maximum Gasteiger partial charge on any atom is 0.296 e. The number of ketones is 1. The number of carbonyl (C=O) groups is 3. The van der Waals surface area contributed by atoms with Crippen LogP contribution < -0.4 is 9.64 Å². The summed E-state index contributed by atoms with van der Waals surface area (Å²) in [4.78, 5) is 44.2. The van der Waals surface area contributed by atoms with E-state index in [1.54, 1.807) is 47.4 Å². The van der Waals surface area contributed by atoms with Gasteiger partial charge in [0, 0.05) is 30.8 Å². The average Bonchev–Trinajstić information content (AvgIpc) is 3.56. The molecule has 2 aromatic rings. The molecule has 8 nitrogen and oxygen atoms in total. The van der Waals surface area contributed by atoms with E-state index >= 15 is 0 Å². The molecule has 5 rings (SSSR count). The maximum absolute atomic E-state index is 14.2. The van der Waals surface area contributed by atoms with Gasteiger partial charge < -0.3 is 24.4 Å². The van der Waals surface area contributed by atoms with E-state index in [4.69, 9.17) is 9.47 Å². The fourth-order valence-electron chi connectivity index (χ4n) is 5.50. The van der Waals surface area contributed by atoms with Crippen molar-refractivity contribution in [3.05, 3.63) is 65.2 Å². The standard InChI is InChI=1S/C28H30N2O6/c1-3-15-35-19-13-11-18(12-14-19)24(31)23-25(32)26(33)30(17-20-8-7-16-36-20)28(23)21-9-5-6-10-22(21)29(4-2)27(28)34/h5-6,9-14,20,31H,3-4,7-8,15-17H2,1-2H3/b24-23-. The number of amides is 2. The van der Waals surface area contributed by atoms with Crippen molar-refractivity contribution in [3.8, 4) is 5.75 Å². The minimum absolute atomic E-state index is 0.0861. The lowest BCUT2D eigenvalue weighted by atomic mass is 9.81. The number of ether oxygens (including phenoxy) is 2. The number of hydrogen-bond acceptors (Lipinski definition) is 6. The second-order valence-corrected chi connectivity index (χ2v) is 9.25. The maximum atomic E-state index is 14.2. The van der Waals surface area contributed by atoms with Gasteiger partial charge in [-0.3, -0.25) is 14.4 Å². The molecule has 3 aliphatic heterocycles. The number of likely N-dealkylation sites (tertiary alicyclic amines) is 1. The first-order chi connectivity index (χ1) is 17.4. The van der Waals surface area contributed by atoms with Crippen LogP contribution in [0.1, 0.15) is 44.2 Å². The molecule has 0 bridgehead atoms. The Balaban J connectivity index is 1.71. The first kappa shape index (κ1) is 24.1. The van der Waals surface area contributed by atoms with E-state index in [9.17, 15) is 19.5 Å². The third kappa shape index (κ3) is 3.51. The first-order valence-electron chi connectivity index (χ1n) is 12.5. The van der Waals surface area contributed by atoms with Gasteiger partial charge in [0.15, 0.2) is 5.54 Å². The summed E-state index contributed by atoms with van der Waals surface area (Å²) in [7, 11) is 0. The molecular weight excluding hydrogens is 460 g/mol. The molecule has 0 radical (unpaired) electrons. The quantitative estimate of drug-likeness (QED) is 0.362. The van der Waals surface area contributed by atoms with Crippen molar-refractivity contribution in [2.24, 2.45) is 0 Å². The van der Waals surface area contributed by atoms with Crippen LogP contribution in [0.3, 0.4) is 0 Å². The third-order valence-corrected chi connectivity index (χ3v) is 7.14. The molecule has 2 fully saturated rings. The Kier molecular flexibility index (Phi) is 6.30. The van der Waals surface area contributed by atoms with Crippen LogP contribution >= 0.6 is 0 Å². The number of para-hydroxylation sites is 1. The molecule has 2 amide bonds. The van der Waals surface area contributed by atoms with Gasteiger partial charge in [-0.1, -0.05) is 25.1 Å². The molecule has 36 heavy (non-hydrogen) atoms. The van der Waals surface area contributed by atoms with Crippen LogP contribution in [0, 0.1) is 0 Å². The van der Waals surface area contributed by atoms with Crippen molar-refractivity contribution >= 4 is 29.0 Å². The summed E-state index contributed by atoms with van der Waals surface area (Å²) in [5, 5.41) is 11.5.